The molecule has 1 saturated heterocycles. The average Bonchev–Trinajstić information content (AvgIpc) is 3.73. The Kier molecular flexibility index (Phi) is 6.98. The number of hydrogen-bond donors (Lipinski definition) is 1. The molecule has 0 amide bonds. The van der Waals surface area contributed by atoms with Crippen LogP contribution in [0.3, 0.4) is 0 Å². The van der Waals surface area contributed by atoms with E-state index in [-0.39, 0.29) is 6.04 Å². The van der Waals surface area contributed by atoms with Crippen LogP contribution < -0.4 is 10.2 Å². The molecule has 0 unspecified atom stereocenters. The van der Waals surface area contributed by atoms with Gasteiger partial charge < -0.3 is 10.2 Å². The highest BCUT2D eigenvalue weighted by Gasteiger charge is 2.41. The summed E-state index contributed by atoms with van der Waals surface area (Å²) >= 11 is 0. The van der Waals surface area contributed by atoms with Crippen LogP contribution in [0.5, 0.6) is 0 Å². The maximum Gasteiger partial charge on any atom is 0.266 e. The number of benzene rings is 5. The predicted octanol–water partition coefficient (Wildman–Crippen LogP) is 6.60. The molecule has 1 N–H and O–H groups in total. The third kappa shape index (κ3) is 4.64. The van der Waals surface area contributed by atoms with Gasteiger partial charge in [-0.25, -0.2) is 0 Å². The molecule has 208 valence electrons. The van der Waals surface area contributed by atoms with E-state index in [0.29, 0.717) is 12.0 Å². The number of nitrogens with one attached hydrogen (secondary N) is 1. The zero-order valence-corrected chi connectivity index (χ0v) is 23.7. The van der Waals surface area contributed by atoms with E-state index < -0.39 is 5.54 Å². The van der Waals surface area contributed by atoms with Crippen LogP contribution in [0.2, 0.25) is 0 Å². The minimum Gasteiger partial charge on any atom is -0.337 e. The second-order valence-corrected chi connectivity index (χ2v) is 11.1. The summed E-state index contributed by atoms with van der Waals surface area (Å²) in [5.41, 5.74) is 3.80. The van der Waals surface area contributed by atoms with Crippen LogP contribution >= 0.6 is 0 Å². The van der Waals surface area contributed by atoms with E-state index in [9.17, 15) is 0 Å². The number of nitrogens with zero attached hydrogens (tertiary/aromatic N) is 5. The minimum atomic E-state index is -0.769. The first-order chi connectivity index (χ1) is 20.7. The molecule has 0 saturated carbocycles. The summed E-state index contributed by atoms with van der Waals surface area (Å²) < 4.78 is 0. The lowest BCUT2D eigenvalue weighted by atomic mass is 9.77. The highest BCUT2D eigenvalue weighted by Crippen LogP contribution is 2.40. The van der Waals surface area contributed by atoms with Crippen molar-refractivity contribution in [3.05, 3.63) is 156 Å². The Morgan fingerprint density at radius 1 is 0.714 bits per heavy atom. The summed E-state index contributed by atoms with van der Waals surface area (Å²) in [6, 6.07) is 47.2. The lowest BCUT2D eigenvalue weighted by molar-refractivity contribution is 0.395. The normalized spacial score (nSPS) is 16.1. The van der Waals surface area contributed by atoms with Gasteiger partial charge in [-0.15, -0.1) is 9.90 Å². The second-order valence-electron chi connectivity index (χ2n) is 11.1. The lowest BCUT2D eigenvalue weighted by Crippen LogP contribution is -2.40. The molecule has 6 nitrogen and oxygen atoms in total. The van der Waals surface area contributed by atoms with E-state index in [2.05, 4.69) is 138 Å². The van der Waals surface area contributed by atoms with Crippen molar-refractivity contribution >= 4 is 16.7 Å². The van der Waals surface area contributed by atoms with Crippen LogP contribution in [-0.2, 0) is 5.54 Å². The van der Waals surface area contributed by atoms with Crippen molar-refractivity contribution in [1.29, 1.82) is 0 Å². The molecule has 2 atom stereocenters. The maximum absolute atomic E-state index is 5.10. The van der Waals surface area contributed by atoms with E-state index in [1.807, 2.05) is 23.0 Å². The fraction of sp³-hybridized carbons (Fsp3) is 0.194. The van der Waals surface area contributed by atoms with Gasteiger partial charge in [-0.05, 0) is 51.6 Å². The quantitative estimate of drug-likeness (QED) is 0.217. The van der Waals surface area contributed by atoms with Crippen molar-refractivity contribution in [2.45, 2.75) is 31.0 Å². The highest BCUT2D eigenvalue weighted by atomic mass is 15.6. The van der Waals surface area contributed by atoms with Gasteiger partial charge in [0.1, 0.15) is 0 Å². The van der Waals surface area contributed by atoms with E-state index in [1.165, 1.54) is 16.3 Å². The van der Waals surface area contributed by atoms with Crippen molar-refractivity contribution < 1.29 is 0 Å². The van der Waals surface area contributed by atoms with Crippen molar-refractivity contribution in [2.24, 2.45) is 0 Å². The van der Waals surface area contributed by atoms with Gasteiger partial charge in [0.25, 0.3) is 5.95 Å². The van der Waals surface area contributed by atoms with Gasteiger partial charge in [-0.2, -0.15) is 0 Å². The van der Waals surface area contributed by atoms with E-state index in [4.69, 9.17) is 10.3 Å². The third-order valence-electron chi connectivity index (χ3n) is 8.52. The Bertz CT molecular complexity index is 1670. The fourth-order valence-corrected chi connectivity index (χ4v) is 6.51. The summed E-state index contributed by atoms with van der Waals surface area (Å²) in [4.78, 5) is 4.06. The molecule has 6 aromatic rings. The molecule has 6 heteroatoms. The van der Waals surface area contributed by atoms with E-state index in [0.717, 1.165) is 36.2 Å². The van der Waals surface area contributed by atoms with Crippen LogP contribution in [-0.4, -0.2) is 39.3 Å². The van der Waals surface area contributed by atoms with Gasteiger partial charge in [0.05, 0.1) is 0 Å². The molecule has 0 bridgehead atoms. The number of aromatic nitrogens is 4. The Morgan fingerprint density at radius 2 is 1.29 bits per heavy atom. The number of fused-ring (bicyclic) bond motifs is 1. The topological polar surface area (TPSA) is 58.9 Å². The largest absolute Gasteiger partial charge is 0.337 e. The Morgan fingerprint density at radius 3 is 1.93 bits per heavy atom. The first-order valence-electron chi connectivity index (χ1n) is 14.7. The molecular formula is C36H34N6. The molecule has 0 aliphatic carbocycles. The average molecular weight is 551 g/mol. The van der Waals surface area contributed by atoms with Crippen LogP contribution in [0.1, 0.15) is 41.6 Å². The van der Waals surface area contributed by atoms with Crippen molar-refractivity contribution in [3.8, 4) is 0 Å². The molecular weight excluding hydrogens is 516 g/mol. The third-order valence-corrected chi connectivity index (χ3v) is 8.52. The standard InChI is InChI=1S/C36H34N6/c1-27(33-23-13-15-28-14-11-12-22-34(28)33)37-32-24-25-41(26-32)35-38-40-42(39-35)36(29-16-5-2-6-17-29,30-18-7-3-8-19-30)31-20-9-4-10-21-31/h2-23,27,32,37H,24-26H2,1H3/t27-,32+/m1/s1. The fourth-order valence-electron chi connectivity index (χ4n) is 6.51. The van der Waals surface area contributed by atoms with Gasteiger partial charge in [0.2, 0.25) is 0 Å². The summed E-state index contributed by atoms with van der Waals surface area (Å²) in [7, 11) is 0. The summed E-state index contributed by atoms with van der Waals surface area (Å²) in [6.07, 6.45) is 1.02. The Hall–Kier alpha value is -4.81. The molecule has 5 aromatic carbocycles. The number of tetrazole rings is 1. The molecule has 1 fully saturated rings. The Balaban J connectivity index is 1.20. The van der Waals surface area contributed by atoms with Crippen molar-refractivity contribution in [3.63, 3.8) is 0 Å². The van der Waals surface area contributed by atoms with Crippen LogP contribution in [0, 0.1) is 0 Å². The van der Waals surface area contributed by atoms with Gasteiger partial charge in [0.15, 0.2) is 5.54 Å². The molecule has 0 radical (unpaired) electrons. The molecule has 1 aliphatic rings. The lowest BCUT2D eigenvalue weighted by Gasteiger charge is -2.34. The highest BCUT2D eigenvalue weighted by molar-refractivity contribution is 5.86. The SMILES string of the molecule is C[C@@H](N[C@H]1CCN(c2nnn(C(c3ccccc3)(c3ccccc3)c3ccccc3)n2)C1)c1cccc2ccccc12. The summed E-state index contributed by atoms with van der Waals surface area (Å²) in [5.74, 6) is 0.657. The van der Waals surface area contributed by atoms with Gasteiger partial charge >= 0.3 is 0 Å². The van der Waals surface area contributed by atoms with Crippen LogP contribution in [0.4, 0.5) is 5.95 Å². The van der Waals surface area contributed by atoms with E-state index in [1.54, 1.807) is 0 Å². The number of anilines is 1. The van der Waals surface area contributed by atoms with Crippen LogP contribution in [0.15, 0.2) is 133 Å². The second kappa shape index (κ2) is 11.2. The molecule has 1 aliphatic heterocycles. The molecule has 7 rings (SSSR count). The van der Waals surface area contributed by atoms with Crippen LogP contribution in [0.25, 0.3) is 10.8 Å². The predicted molar refractivity (Wildman–Crippen MR) is 169 cm³/mol. The minimum absolute atomic E-state index is 0.228. The first-order valence-corrected chi connectivity index (χ1v) is 14.7. The smallest absolute Gasteiger partial charge is 0.266 e. The molecule has 2 heterocycles. The van der Waals surface area contributed by atoms with Gasteiger partial charge in [-0.3, -0.25) is 0 Å². The number of hydrogen-bond acceptors (Lipinski definition) is 5. The number of rotatable bonds is 8. The summed E-state index contributed by atoms with van der Waals surface area (Å²) in [6.45, 7) is 3.96. The molecule has 42 heavy (non-hydrogen) atoms. The zero-order valence-electron chi connectivity index (χ0n) is 23.7. The monoisotopic (exact) mass is 550 g/mol. The van der Waals surface area contributed by atoms with Crippen molar-refractivity contribution in [2.75, 3.05) is 18.0 Å². The van der Waals surface area contributed by atoms with Gasteiger partial charge in [-0.1, -0.05) is 139 Å². The van der Waals surface area contributed by atoms with Gasteiger partial charge in [0, 0.05) is 25.2 Å². The summed E-state index contributed by atoms with van der Waals surface area (Å²) in [5, 5.41) is 20.9. The first kappa shape index (κ1) is 26.1. The molecule has 1 aromatic heterocycles. The van der Waals surface area contributed by atoms with E-state index >= 15 is 0 Å². The Labute approximate surface area is 246 Å². The maximum atomic E-state index is 5.10. The van der Waals surface area contributed by atoms with Crippen molar-refractivity contribution in [1.82, 2.24) is 25.5 Å². The zero-order chi connectivity index (χ0) is 28.4. The molecule has 0 spiro atoms.